The highest BCUT2D eigenvalue weighted by Crippen LogP contribution is 2.60. The van der Waals surface area contributed by atoms with Crippen molar-refractivity contribution in [3.8, 4) is 23.0 Å². The molecule has 0 radical (unpaired) electrons. The Bertz CT molecular complexity index is 4150. The molecule has 0 amide bonds. The maximum absolute atomic E-state index is 15.0. The Kier molecular flexibility index (Phi) is 17.2. The molecule has 4 heterocycles. The van der Waals surface area contributed by atoms with Gasteiger partial charge >= 0.3 is 25.2 Å². The van der Waals surface area contributed by atoms with Crippen molar-refractivity contribution in [3.63, 3.8) is 0 Å². The van der Waals surface area contributed by atoms with Gasteiger partial charge in [-0.3, -0.25) is 18.9 Å². The second-order valence-electron chi connectivity index (χ2n) is 22.4. The van der Waals surface area contributed by atoms with Crippen LogP contribution in [-0.2, 0) is 18.9 Å². The molecule has 2 fully saturated rings. The number of benzene rings is 10. The van der Waals surface area contributed by atoms with Crippen LogP contribution in [0.5, 0.6) is 23.0 Å². The number of allylic oxidation sites excluding steroid dienone is 4. The molecule has 0 N–H and O–H groups in total. The number of fused-ring (bicyclic) bond motifs is 4. The topological polar surface area (TPSA) is 73.8 Å². The molecule has 0 bridgehead atoms. The van der Waals surface area contributed by atoms with Crippen molar-refractivity contribution < 1.29 is 73.0 Å². The lowest BCUT2D eigenvalue weighted by Crippen LogP contribution is -2.32. The summed E-state index contributed by atoms with van der Waals surface area (Å²) in [5, 5.41) is 10.00. The Hall–Kier alpha value is -8.64. The molecule has 0 aromatic heterocycles. The van der Waals surface area contributed by atoms with Crippen LogP contribution in [0.4, 0.5) is 35.1 Å². The van der Waals surface area contributed by atoms with Crippen molar-refractivity contribution in [3.05, 3.63) is 313 Å². The molecule has 4 atom stereocenters. The number of halogens is 8. The van der Waals surface area contributed by atoms with Crippen LogP contribution in [0.15, 0.2) is 302 Å². The Balaban J connectivity index is 0.000000158. The van der Waals surface area contributed by atoms with E-state index in [0.717, 1.165) is 42.4 Å². The maximum Gasteiger partial charge on any atom is 0.586 e. The highest BCUT2D eigenvalue weighted by Gasteiger charge is 2.57. The first-order chi connectivity index (χ1) is 46.6. The van der Waals surface area contributed by atoms with E-state index in [0.29, 0.717) is 32.4 Å². The second kappa shape index (κ2) is 26.1. The van der Waals surface area contributed by atoms with Gasteiger partial charge in [-0.05, 0) is 120 Å². The van der Waals surface area contributed by atoms with Gasteiger partial charge in [-0.1, -0.05) is 267 Å². The van der Waals surface area contributed by atoms with Crippen LogP contribution < -0.4 is 72.0 Å². The minimum Gasteiger partial charge on any atom is -0.395 e. The molecule has 2 aliphatic carbocycles. The van der Waals surface area contributed by atoms with Gasteiger partial charge in [0.15, 0.2) is 23.0 Å². The quantitative estimate of drug-likeness (QED) is 0.0788. The molecular weight excluding hydrogens is 1320 g/mol. The lowest BCUT2D eigenvalue weighted by Gasteiger charge is -2.32. The first-order valence-corrected chi connectivity index (χ1v) is 35.7. The first kappa shape index (κ1) is 63.4. The number of hydrogen-bond donors (Lipinski definition) is 0. The van der Waals surface area contributed by atoms with Gasteiger partial charge in [-0.2, -0.15) is 0 Å². The average molecular weight is 1370 g/mol. The number of ether oxygens (including phenoxy) is 8. The van der Waals surface area contributed by atoms with Gasteiger partial charge in [0, 0.05) is 22.3 Å². The SMILES string of the molecule is FC1(F)Oc2ccc(P(c3ccccc3)c3ccccc3)c(C3=C(P(c4ccccc4)c4ccccc4)C=CC4OC(F)(F)OC34)c2O1.FC1(F)Oc2ccc(P(c3ccccc3)c3ccccc3)c(C3=C(P(c4ccccc4)c4ccccc4)C=CC4OC(F)(F)OC34)c2O1. The zero-order valence-corrected chi connectivity index (χ0v) is 53.7. The van der Waals surface area contributed by atoms with Gasteiger partial charge in [0.2, 0.25) is 0 Å². The van der Waals surface area contributed by atoms with E-state index in [1.807, 2.05) is 243 Å². The van der Waals surface area contributed by atoms with Crippen molar-refractivity contribution in [1.82, 2.24) is 0 Å². The second-order valence-corrected chi connectivity index (χ2v) is 31.2. The third-order valence-corrected chi connectivity index (χ3v) is 26.4. The van der Waals surface area contributed by atoms with Crippen LogP contribution in [-0.4, -0.2) is 49.6 Å². The highest BCUT2D eigenvalue weighted by molar-refractivity contribution is 7.80. The molecule has 10 aromatic rings. The van der Waals surface area contributed by atoms with Crippen LogP contribution in [0, 0.1) is 0 Å². The number of alkyl halides is 8. The van der Waals surface area contributed by atoms with Gasteiger partial charge in [0.25, 0.3) is 0 Å². The highest BCUT2D eigenvalue weighted by atomic mass is 31.1. The lowest BCUT2D eigenvalue weighted by atomic mass is 9.91. The minimum absolute atomic E-state index is 0.192. The Morgan fingerprint density at radius 2 is 0.510 bits per heavy atom. The van der Waals surface area contributed by atoms with E-state index < -0.39 is 81.3 Å². The Labute approximate surface area is 551 Å². The third kappa shape index (κ3) is 12.6. The van der Waals surface area contributed by atoms with E-state index in [1.54, 1.807) is 36.4 Å². The van der Waals surface area contributed by atoms with E-state index in [2.05, 4.69) is 0 Å². The maximum atomic E-state index is 15.0. The molecule has 2 saturated heterocycles. The first-order valence-electron chi connectivity index (χ1n) is 30.3. The normalized spacial score (nSPS) is 20.4. The summed E-state index contributed by atoms with van der Waals surface area (Å²) in [6.07, 6.45) is -14.1. The molecule has 96 heavy (non-hydrogen) atoms. The lowest BCUT2D eigenvalue weighted by molar-refractivity contribution is -0.347. The molecular formula is C76H52F8O8P4. The standard InChI is InChI=1S/2C38H26F4O4P2/c2*39-37(40)43-29-21-23-31(47(25-13-5-1-6-14-25)26-15-7-2-8-16-26)33(35(29)45-37)34-32(24-22-30-36(34)46-38(41,42)44-30)48(27-17-9-3-10-18-27)28-19-11-4-12-20-28/h2*1-24,29,35H. The summed E-state index contributed by atoms with van der Waals surface area (Å²) in [4.78, 5) is 0. The number of rotatable bonds is 14. The van der Waals surface area contributed by atoms with Crippen molar-refractivity contribution in [2.75, 3.05) is 0 Å². The molecule has 8 nitrogen and oxygen atoms in total. The Morgan fingerprint density at radius 1 is 0.260 bits per heavy atom. The van der Waals surface area contributed by atoms with Crippen LogP contribution in [0.3, 0.4) is 0 Å². The third-order valence-electron chi connectivity index (χ3n) is 16.4. The van der Waals surface area contributed by atoms with Gasteiger partial charge in [-0.15, -0.1) is 35.1 Å². The van der Waals surface area contributed by atoms with Crippen LogP contribution in [0.25, 0.3) is 11.1 Å². The van der Waals surface area contributed by atoms with Gasteiger partial charge < -0.3 is 18.9 Å². The Morgan fingerprint density at radius 3 is 0.771 bits per heavy atom. The average Bonchev–Trinajstić information content (AvgIpc) is 1.46. The summed E-state index contributed by atoms with van der Waals surface area (Å²) in [6.45, 7) is 0. The van der Waals surface area contributed by atoms with Crippen LogP contribution in [0.2, 0.25) is 0 Å². The largest absolute Gasteiger partial charge is 0.586 e. The monoisotopic (exact) mass is 1370 g/mol. The molecule has 0 spiro atoms. The van der Waals surface area contributed by atoms with E-state index in [1.165, 1.54) is 12.1 Å². The van der Waals surface area contributed by atoms with E-state index in [9.17, 15) is 17.6 Å². The van der Waals surface area contributed by atoms with Crippen LogP contribution >= 0.6 is 31.7 Å². The predicted octanol–water partition coefficient (Wildman–Crippen LogP) is 15.0. The van der Waals surface area contributed by atoms with Crippen LogP contribution in [0.1, 0.15) is 11.1 Å². The summed E-state index contributed by atoms with van der Waals surface area (Å²) >= 11 is 0. The van der Waals surface area contributed by atoms with E-state index in [-0.39, 0.29) is 34.1 Å². The van der Waals surface area contributed by atoms with Crippen molar-refractivity contribution in [1.29, 1.82) is 0 Å². The van der Waals surface area contributed by atoms with Gasteiger partial charge in [0.05, 0.1) is 0 Å². The minimum atomic E-state index is -3.97. The van der Waals surface area contributed by atoms with Crippen molar-refractivity contribution >= 4 is 95.9 Å². The summed E-state index contributed by atoms with van der Waals surface area (Å²) in [6, 6.07) is 83.9. The molecule has 480 valence electrons. The summed E-state index contributed by atoms with van der Waals surface area (Å²) in [5.41, 5.74) is 1.06. The van der Waals surface area contributed by atoms with E-state index >= 15 is 17.6 Å². The summed E-state index contributed by atoms with van der Waals surface area (Å²) in [7, 11) is -5.71. The number of hydrogen-bond acceptors (Lipinski definition) is 8. The van der Waals surface area contributed by atoms with Gasteiger partial charge in [0.1, 0.15) is 24.4 Å². The molecule has 10 aromatic carbocycles. The fourth-order valence-electron chi connectivity index (χ4n) is 12.6. The molecule has 6 aliphatic rings. The summed E-state index contributed by atoms with van der Waals surface area (Å²) in [5.74, 6) is -0.842. The zero-order chi connectivity index (χ0) is 65.8. The van der Waals surface area contributed by atoms with Gasteiger partial charge in [-0.25, -0.2) is 0 Å². The fraction of sp³-hybridized carbons (Fsp3) is 0.105. The molecule has 4 unspecified atom stereocenters. The fourth-order valence-corrected chi connectivity index (χ4v) is 22.6. The summed E-state index contributed by atoms with van der Waals surface area (Å²) < 4.78 is 162. The van der Waals surface area contributed by atoms with Crippen molar-refractivity contribution in [2.24, 2.45) is 0 Å². The smallest absolute Gasteiger partial charge is 0.395 e. The predicted molar refractivity (Wildman–Crippen MR) is 362 cm³/mol. The van der Waals surface area contributed by atoms with Crippen molar-refractivity contribution in [2.45, 2.75) is 49.6 Å². The molecule has 20 heteroatoms. The molecule has 16 rings (SSSR count). The van der Waals surface area contributed by atoms with E-state index in [4.69, 9.17) is 37.9 Å². The molecule has 0 saturated carbocycles. The zero-order valence-electron chi connectivity index (χ0n) is 50.1. The molecule has 4 aliphatic heterocycles.